The lowest BCUT2D eigenvalue weighted by molar-refractivity contribution is 0.374. The number of hydrogen-bond donors (Lipinski definition) is 0. The van der Waals surface area contributed by atoms with Gasteiger partial charge in [0.15, 0.2) is 0 Å². The Hall–Kier alpha value is -3.98. The Balaban J connectivity index is 1.85. The number of para-hydroxylation sites is 1. The average Bonchev–Trinajstić information content (AvgIpc) is 2.85. The summed E-state index contributed by atoms with van der Waals surface area (Å²) in [5, 5.41) is 0.488. The number of nitrogens with zero attached hydrogens (tertiary/aromatic N) is 1. The third-order valence-corrected chi connectivity index (χ3v) is 6.02. The van der Waals surface area contributed by atoms with Crippen LogP contribution < -0.4 is 5.63 Å². The van der Waals surface area contributed by atoms with Crippen LogP contribution in [0, 0.1) is 6.92 Å². The maximum atomic E-state index is 13.0. The van der Waals surface area contributed by atoms with Crippen molar-refractivity contribution in [3.8, 4) is 0 Å². The molecular formula is C29H23NO2. The first-order chi connectivity index (χ1) is 15.7. The highest BCUT2D eigenvalue weighted by atomic mass is 16.4. The molecule has 0 saturated carbocycles. The van der Waals surface area contributed by atoms with Crippen LogP contribution in [-0.4, -0.2) is 4.98 Å². The standard InChI is InChI=1S/C29H23NO2/c1-21-16-18-22(19-17-21)20-29(23-10-4-2-5-11-23,24-12-6-3-7-13-24)28-30-26-15-9-8-14-25(26)27(31)32-28/h2-19H,20H2,1H3. The summed E-state index contributed by atoms with van der Waals surface area (Å²) in [4.78, 5) is 17.9. The van der Waals surface area contributed by atoms with E-state index in [0.29, 0.717) is 23.2 Å². The second-order valence-corrected chi connectivity index (χ2v) is 8.12. The molecule has 0 N–H and O–H groups in total. The van der Waals surface area contributed by atoms with Gasteiger partial charge in [-0.1, -0.05) is 103 Å². The van der Waals surface area contributed by atoms with Gasteiger partial charge in [-0.25, -0.2) is 9.78 Å². The number of benzene rings is 4. The van der Waals surface area contributed by atoms with Crippen LogP contribution in [0.4, 0.5) is 0 Å². The Morgan fingerprint density at radius 1 is 0.719 bits per heavy atom. The van der Waals surface area contributed by atoms with Gasteiger partial charge in [0.25, 0.3) is 0 Å². The van der Waals surface area contributed by atoms with E-state index >= 15 is 0 Å². The fourth-order valence-corrected chi connectivity index (χ4v) is 4.35. The molecule has 0 aliphatic heterocycles. The van der Waals surface area contributed by atoms with E-state index in [1.54, 1.807) is 6.07 Å². The molecule has 0 amide bonds. The first-order valence-electron chi connectivity index (χ1n) is 10.7. The number of hydrogen-bond acceptors (Lipinski definition) is 3. The molecule has 0 aliphatic carbocycles. The molecule has 3 heteroatoms. The van der Waals surface area contributed by atoms with Crippen molar-refractivity contribution in [3.05, 3.63) is 148 Å². The van der Waals surface area contributed by atoms with Gasteiger partial charge in [-0.2, -0.15) is 0 Å². The van der Waals surface area contributed by atoms with Gasteiger partial charge >= 0.3 is 5.63 Å². The topological polar surface area (TPSA) is 43.1 Å². The quantitative estimate of drug-likeness (QED) is 0.348. The van der Waals surface area contributed by atoms with Gasteiger partial charge in [-0.15, -0.1) is 0 Å². The van der Waals surface area contributed by atoms with E-state index in [9.17, 15) is 4.79 Å². The van der Waals surface area contributed by atoms with Crippen molar-refractivity contribution in [2.24, 2.45) is 0 Å². The molecular weight excluding hydrogens is 394 g/mol. The lowest BCUT2D eigenvalue weighted by Gasteiger charge is -2.33. The lowest BCUT2D eigenvalue weighted by Crippen LogP contribution is -2.34. The van der Waals surface area contributed by atoms with Crippen LogP contribution in [0.5, 0.6) is 0 Å². The van der Waals surface area contributed by atoms with Crippen molar-refractivity contribution in [2.45, 2.75) is 18.8 Å². The van der Waals surface area contributed by atoms with Crippen molar-refractivity contribution in [2.75, 3.05) is 0 Å². The van der Waals surface area contributed by atoms with Crippen LogP contribution in [-0.2, 0) is 11.8 Å². The minimum atomic E-state index is -0.763. The molecule has 0 saturated heterocycles. The Labute approximate surface area is 187 Å². The third kappa shape index (κ3) is 3.52. The van der Waals surface area contributed by atoms with Crippen molar-refractivity contribution in [1.82, 2.24) is 4.98 Å². The van der Waals surface area contributed by atoms with E-state index < -0.39 is 5.41 Å². The zero-order valence-electron chi connectivity index (χ0n) is 17.9. The average molecular weight is 418 g/mol. The molecule has 0 radical (unpaired) electrons. The molecule has 32 heavy (non-hydrogen) atoms. The second kappa shape index (κ2) is 8.27. The maximum Gasteiger partial charge on any atom is 0.346 e. The monoisotopic (exact) mass is 417 g/mol. The highest BCUT2D eigenvalue weighted by Gasteiger charge is 2.41. The molecule has 3 nitrogen and oxygen atoms in total. The third-order valence-electron chi connectivity index (χ3n) is 6.02. The molecule has 0 unspecified atom stereocenters. The first kappa shape index (κ1) is 20.0. The summed E-state index contributed by atoms with van der Waals surface area (Å²) < 4.78 is 5.99. The summed E-state index contributed by atoms with van der Waals surface area (Å²) in [5.74, 6) is 0.402. The highest BCUT2D eigenvalue weighted by Crippen LogP contribution is 2.41. The van der Waals surface area contributed by atoms with E-state index in [-0.39, 0.29) is 5.63 Å². The Kier molecular flexibility index (Phi) is 5.16. The molecule has 0 spiro atoms. The van der Waals surface area contributed by atoms with E-state index in [4.69, 9.17) is 9.40 Å². The fraction of sp³-hybridized carbons (Fsp3) is 0.103. The SMILES string of the molecule is Cc1ccc(CC(c2ccccc2)(c2ccccc2)c2nc3ccccc3c(=O)o2)cc1. The van der Waals surface area contributed by atoms with Crippen molar-refractivity contribution in [3.63, 3.8) is 0 Å². The van der Waals surface area contributed by atoms with Crippen molar-refractivity contribution in [1.29, 1.82) is 0 Å². The highest BCUT2D eigenvalue weighted by molar-refractivity contribution is 5.77. The van der Waals surface area contributed by atoms with Crippen molar-refractivity contribution >= 4 is 10.9 Å². The molecule has 5 aromatic rings. The second-order valence-electron chi connectivity index (χ2n) is 8.12. The van der Waals surface area contributed by atoms with Gasteiger partial charge in [0.2, 0.25) is 5.89 Å². The van der Waals surface area contributed by atoms with E-state index in [0.717, 1.165) is 16.7 Å². The minimum absolute atomic E-state index is 0.370. The number of aryl methyl sites for hydroxylation is 1. The molecule has 0 bridgehead atoms. The van der Waals surface area contributed by atoms with Gasteiger partial charge in [-0.3, -0.25) is 0 Å². The van der Waals surface area contributed by atoms with Crippen LogP contribution in [0.1, 0.15) is 28.1 Å². The van der Waals surface area contributed by atoms with Gasteiger partial charge in [0.05, 0.1) is 10.9 Å². The minimum Gasteiger partial charge on any atom is -0.406 e. The molecule has 1 heterocycles. The predicted octanol–water partition coefficient (Wildman–Crippen LogP) is 6.07. The maximum absolute atomic E-state index is 13.0. The Bertz CT molecular complexity index is 1370. The fourth-order valence-electron chi connectivity index (χ4n) is 4.35. The van der Waals surface area contributed by atoms with Crippen LogP contribution in [0.15, 0.2) is 118 Å². The smallest absolute Gasteiger partial charge is 0.346 e. The largest absolute Gasteiger partial charge is 0.406 e. The van der Waals surface area contributed by atoms with Crippen LogP contribution in [0.2, 0.25) is 0 Å². The molecule has 1 aromatic heterocycles. The summed E-state index contributed by atoms with van der Waals surface area (Å²) in [6, 6.07) is 36.2. The molecule has 4 aromatic carbocycles. The normalized spacial score (nSPS) is 11.5. The number of fused-ring (bicyclic) bond motifs is 1. The summed E-state index contributed by atoms with van der Waals surface area (Å²) in [7, 11) is 0. The van der Waals surface area contributed by atoms with Crippen LogP contribution in [0.3, 0.4) is 0 Å². The molecule has 0 aliphatic rings. The van der Waals surface area contributed by atoms with Gasteiger partial charge in [0, 0.05) is 0 Å². The summed E-state index contributed by atoms with van der Waals surface area (Å²) >= 11 is 0. The zero-order chi connectivity index (χ0) is 22.0. The Morgan fingerprint density at radius 2 is 1.28 bits per heavy atom. The molecule has 0 fully saturated rings. The Morgan fingerprint density at radius 3 is 1.91 bits per heavy atom. The number of rotatable bonds is 5. The van der Waals surface area contributed by atoms with Crippen molar-refractivity contribution < 1.29 is 4.42 Å². The summed E-state index contributed by atoms with van der Waals surface area (Å²) in [6.07, 6.45) is 0.607. The molecule has 5 rings (SSSR count). The summed E-state index contributed by atoms with van der Waals surface area (Å²) in [5.41, 5.74) is 3.90. The molecule has 156 valence electrons. The number of aromatic nitrogens is 1. The van der Waals surface area contributed by atoms with Gasteiger partial charge in [-0.05, 0) is 42.2 Å². The lowest BCUT2D eigenvalue weighted by atomic mass is 9.70. The molecule has 0 atom stereocenters. The summed E-state index contributed by atoms with van der Waals surface area (Å²) in [6.45, 7) is 2.08. The van der Waals surface area contributed by atoms with Crippen LogP contribution >= 0.6 is 0 Å². The zero-order valence-corrected chi connectivity index (χ0v) is 17.9. The first-order valence-corrected chi connectivity index (χ1v) is 10.7. The van der Waals surface area contributed by atoms with Gasteiger partial charge < -0.3 is 4.42 Å². The van der Waals surface area contributed by atoms with Crippen LogP contribution in [0.25, 0.3) is 10.9 Å². The van der Waals surface area contributed by atoms with E-state index in [1.165, 1.54) is 5.56 Å². The predicted molar refractivity (Wildman–Crippen MR) is 128 cm³/mol. The van der Waals surface area contributed by atoms with E-state index in [1.807, 2.05) is 54.6 Å². The van der Waals surface area contributed by atoms with Gasteiger partial charge in [0.1, 0.15) is 5.41 Å². The van der Waals surface area contributed by atoms with E-state index in [2.05, 4.69) is 55.5 Å².